The second-order valence-electron chi connectivity index (χ2n) is 7.17. The maximum Gasteiger partial charge on any atom is 0.266 e. The van der Waals surface area contributed by atoms with Crippen LogP contribution in [0.1, 0.15) is 11.1 Å². The third-order valence-corrected chi connectivity index (χ3v) is 5.06. The summed E-state index contributed by atoms with van der Waals surface area (Å²) in [6.07, 6.45) is 1.43. The maximum absolute atomic E-state index is 12.5. The van der Waals surface area contributed by atoms with Gasteiger partial charge in [-0.05, 0) is 54.5 Å². The second-order valence-corrected chi connectivity index (χ2v) is 7.57. The van der Waals surface area contributed by atoms with E-state index in [1.54, 1.807) is 54.6 Å². The van der Waals surface area contributed by atoms with E-state index in [1.165, 1.54) is 13.2 Å². The first-order valence-corrected chi connectivity index (χ1v) is 10.6. The van der Waals surface area contributed by atoms with Crippen LogP contribution in [0.3, 0.4) is 0 Å². The van der Waals surface area contributed by atoms with Gasteiger partial charge in [0.1, 0.15) is 23.1 Å². The number of nitriles is 1. The molecule has 2 N–H and O–H groups in total. The smallest absolute Gasteiger partial charge is 0.266 e. The van der Waals surface area contributed by atoms with Gasteiger partial charge in [-0.25, -0.2) is 0 Å². The zero-order valence-electron chi connectivity index (χ0n) is 18.6. The molecule has 0 saturated heterocycles. The monoisotopic (exact) mass is 475 g/mol. The third kappa shape index (κ3) is 6.37. The number of ether oxygens (including phenoxy) is 2. The van der Waals surface area contributed by atoms with Crippen molar-refractivity contribution in [2.75, 3.05) is 24.4 Å². The van der Waals surface area contributed by atoms with Crippen LogP contribution in [0.5, 0.6) is 11.5 Å². The summed E-state index contributed by atoms with van der Waals surface area (Å²) in [5.41, 5.74) is 2.49. The average Bonchev–Trinajstić information content (AvgIpc) is 2.83. The SMILES string of the molecule is COc1ccccc1NC(=O)COc1ccc(C=C(C#N)C(=O)Nc2ccccc2C)cc1Cl. The Balaban J connectivity index is 1.65. The Bertz CT molecular complexity index is 1280. The van der Waals surface area contributed by atoms with Crippen molar-refractivity contribution in [1.29, 1.82) is 5.26 Å². The van der Waals surface area contributed by atoms with Crippen LogP contribution in [-0.2, 0) is 9.59 Å². The van der Waals surface area contributed by atoms with E-state index >= 15 is 0 Å². The molecular formula is C26H22ClN3O4. The standard InChI is InChI=1S/C26H22ClN3O4/c1-17-7-3-4-8-21(17)30-26(32)19(15-28)13-18-11-12-23(20(27)14-18)34-16-25(31)29-22-9-5-6-10-24(22)33-2/h3-14H,16H2,1-2H3,(H,29,31)(H,30,32). The Morgan fingerprint density at radius 2 is 1.71 bits per heavy atom. The predicted molar refractivity (Wildman–Crippen MR) is 132 cm³/mol. The fourth-order valence-electron chi connectivity index (χ4n) is 3.02. The van der Waals surface area contributed by atoms with E-state index in [2.05, 4.69) is 10.6 Å². The van der Waals surface area contributed by atoms with Crippen LogP contribution in [0.4, 0.5) is 11.4 Å². The van der Waals surface area contributed by atoms with Crippen molar-refractivity contribution in [1.82, 2.24) is 0 Å². The predicted octanol–water partition coefficient (Wildman–Crippen LogP) is 5.22. The molecule has 0 saturated carbocycles. The summed E-state index contributed by atoms with van der Waals surface area (Å²) in [5, 5.41) is 15.1. The minimum absolute atomic E-state index is 0.0795. The highest BCUT2D eigenvalue weighted by molar-refractivity contribution is 6.32. The van der Waals surface area contributed by atoms with E-state index < -0.39 is 5.91 Å². The van der Waals surface area contributed by atoms with Crippen molar-refractivity contribution in [2.24, 2.45) is 0 Å². The first kappa shape index (κ1) is 24.4. The molecule has 0 atom stereocenters. The Morgan fingerprint density at radius 1 is 1.00 bits per heavy atom. The summed E-state index contributed by atoms with van der Waals surface area (Å²) >= 11 is 6.29. The fraction of sp³-hybridized carbons (Fsp3) is 0.115. The van der Waals surface area contributed by atoms with E-state index in [0.717, 1.165) is 5.56 Å². The molecule has 0 fully saturated rings. The van der Waals surface area contributed by atoms with Gasteiger partial charge in [-0.15, -0.1) is 0 Å². The number of carbonyl (C=O) groups is 2. The summed E-state index contributed by atoms with van der Waals surface area (Å²) in [5.74, 6) is -0.0907. The maximum atomic E-state index is 12.5. The number of amides is 2. The highest BCUT2D eigenvalue weighted by Crippen LogP contribution is 2.27. The number of carbonyl (C=O) groups excluding carboxylic acids is 2. The summed E-state index contributed by atoms with van der Waals surface area (Å²) < 4.78 is 10.7. The van der Waals surface area contributed by atoms with E-state index in [0.29, 0.717) is 22.7 Å². The van der Waals surface area contributed by atoms with Crippen molar-refractivity contribution in [3.63, 3.8) is 0 Å². The van der Waals surface area contributed by atoms with Crippen LogP contribution >= 0.6 is 11.6 Å². The lowest BCUT2D eigenvalue weighted by atomic mass is 10.1. The first-order valence-electron chi connectivity index (χ1n) is 10.2. The molecule has 0 unspecified atom stereocenters. The number of aryl methyl sites for hydroxylation is 1. The number of anilines is 2. The van der Waals surface area contributed by atoms with E-state index in [4.69, 9.17) is 21.1 Å². The molecule has 0 aliphatic carbocycles. The topological polar surface area (TPSA) is 100 Å². The summed E-state index contributed by atoms with van der Waals surface area (Å²) in [6, 6.07) is 21.0. The summed E-state index contributed by atoms with van der Waals surface area (Å²) in [6.45, 7) is 1.59. The summed E-state index contributed by atoms with van der Waals surface area (Å²) in [7, 11) is 1.52. The van der Waals surface area contributed by atoms with Gasteiger partial charge < -0.3 is 20.1 Å². The van der Waals surface area contributed by atoms with E-state index in [9.17, 15) is 14.9 Å². The zero-order chi connectivity index (χ0) is 24.5. The van der Waals surface area contributed by atoms with Gasteiger partial charge in [0, 0.05) is 5.69 Å². The Hall–Kier alpha value is -4.28. The molecule has 172 valence electrons. The fourth-order valence-corrected chi connectivity index (χ4v) is 3.26. The normalized spacial score (nSPS) is 10.7. The second kappa shape index (κ2) is 11.5. The number of methoxy groups -OCH3 is 1. The number of halogens is 1. The van der Waals surface area contributed by atoms with Gasteiger partial charge in [-0.2, -0.15) is 5.26 Å². The van der Waals surface area contributed by atoms with Crippen molar-refractivity contribution in [2.45, 2.75) is 6.92 Å². The quantitative estimate of drug-likeness (QED) is 0.343. The largest absolute Gasteiger partial charge is 0.495 e. The Kier molecular flexibility index (Phi) is 8.27. The Labute approximate surface area is 202 Å². The number of hydrogen-bond donors (Lipinski definition) is 2. The van der Waals surface area contributed by atoms with Crippen molar-refractivity contribution >= 4 is 40.9 Å². The molecule has 0 aliphatic rings. The molecule has 34 heavy (non-hydrogen) atoms. The number of para-hydroxylation sites is 3. The first-order chi connectivity index (χ1) is 16.4. The molecule has 3 rings (SSSR count). The highest BCUT2D eigenvalue weighted by atomic mass is 35.5. The molecule has 0 aliphatic heterocycles. The van der Waals surface area contributed by atoms with E-state index in [1.807, 2.05) is 25.1 Å². The zero-order valence-corrected chi connectivity index (χ0v) is 19.3. The van der Waals surface area contributed by atoms with Crippen LogP contribution in [-0.4, -0.2) is 25.5 Å². The van der Waals surface area contributed by atoms with Gasteiger partial charge in [-0.1, -0.05) is 48.0 Å². The number of rotatable bonds is 8. The molecular weight excluding hydrogens is 454 g/mol. The van der Waals surface area contributed by atoms with Crippen molar-refractivity contribution in [3.05, 3.63) is 88.5 Å². The lowest BCUT2D eigenvalue weighted by Crippen LogP contribution is -2.20. The molecule has 2 amide bonds. The average molecular weight is 476 g/mol. The van der Waals surface area contributed by atoms with Gasteiger partial charge in [0.05, 0.1) is 17.8 Å². The summed E-state index contributed by atoms with van der Waals surface area (Å²) in [4.78, 5) is 24.8. The molecule has 0 bridgehead atoms. The molecule has 7 nitrogen and oxygen atoms in total. The van der Waals surface area contributed by atoms with Crippen LogP contribution in [0.2, 0.25) is 5.02 Å². The number of nitrogens with one attached hydrogen (secondary N) is 2. The van der Waals surface area contributed by atoms with Gasteiger partial charge in [0.15, 0.2) is 6.61 Å². The van der Waals surface area contributed by atoms with Gasteiger partial charge in [0.2, 0.25) is 0 Å². The molecule has 0 heterocycles. The van der Waals surface area contributed by atoms with Crippen molar-refractivity contribution in [3.8, 4) is 17.6 Å². The van der Waals surface area contributed by atoms with Gasteiger partial charge in [0.25, 0.3) is 11.8 Å². The third-order valence-electron chi connectivity index (χ3n) is 4.77. The molecule has 8 heteroatoms. The van der Waals surface area contributed by atoms with Crippen LogP contribution < -0.4 is 20.1 Å². The molecule has 0 spiro atoms. The minimum atomic E-state index is -0.527. The lowest BCUT2D eigenvalue weighted by Gasteiger charge is -2.11. The minimum Gasteiger partial charge on any atom is -0.495 e. The molecule has 3 aromatic rings. The highest BCUT2D eigenvalue weighted by Gasteiger charge is 2.13. The number of benzene rings is 3. The van der Waals surface area contributed by atoms with Crippen molar-refractivity contribution < 1.29 is 19.1 Å². The van der Waals surface area contributed by atoms with Gasteiger partial charge in [-0.3, -0.25) is 9.59 Å². The van der Waals surface area contributed by atoms with Crippen LogP contribution in [0, 0.1) is 18.3 Å². The number of hydrogen-bond acceptors (Lipinski definition) is 5. The van der Waals surface area contributed by atoms with Crippen LogP contribution in [0.15, 0.2) is 72.3 Å². The lowest BCUT2D eigenvalue weighted by molar-refractivity contribution is -0.118. The number of nitrogens with zero attached hydrogens (tertiary/aromatic N) is 1. The molecule has 3 aromatic carbocycles. The van der Waals surface area contributed by atoms with E-state index in [-0.39, 0.29) is 28.9 Å². The van der Waals surface area contributed by atoms with Crippen LogP contribution in [0.25, 0.3) is 6.08 Å². The van der Waals surface area contributed by atoms with Gasteiger partial charge >= 0.3 is 0 Å². The Morgan fingerprint density at radius 3 is 2.38 bits per heavy atom. The molecule has 0 radical (unpaired) electrons. The molecule has 0 aromatic heterocycles.